The van der Waals surface area contributed by atoms with Gasteiger partial charge in [-0.2, -0.15) is 0 Å². The molecule has 0 saturated carbocycles. The monoisotopic (exact) mass is 510 g/mol. The molecule has 1 fully saturated rings. The van der Waals surface area contributed by atoms with Crippen molar-refractivity contribution in [2.75, 3.05) is 13.7 Å². The highest BCUT2D eigenvalue weighted by atomic mass is 35.5. The van der Waals surface area contributed by atoms with Crippen molar-refractivity contribution in [2.45, 2.75) is 44.2 Å². The number of ether oxygens (including phenoxy) is 3. The first-order valence-electron chi connectivity index (χ1n) is 9.37. The summed E-state index contributed by atoms with van der Waals surface area (Å²) in [5, 5.41) is 13.0. The Morgan fingerprint density at radius 3 is 2.10 bits per heavy atom. The fourth-order valence-corrected chi connectivity index (χ4v) is 4.16. The smallest absolute Gasteiger partial charge is 0.223 e. The zero-order valence-corrected chi connectivity index (χ0v) is 19.8. The molecule has 0 amide bonds. The number of hydrogen-bond donors (Lipinski definition) is 1. The van der Waals surface area contributed by atoms with Crippen molar-refractivity contribution in [3.8, 4) is 0 Å². The van der Waals surface area contributed by atoms with Crippen LogP contribution < -0.4 is 0 Å². The second kappa shape index (κ2) is 11.0. The van der Waals surface area contributed by atoms with E-state index in [1.54, 1.807) is 43.3 Å². The van der Waals surface area contributed by atoms with Gasteiger partial charge in [0.15, 0.2) is 0 Å². The molecule has 4 atom stereocenters. The van der Waals surface area contributed by atoms with Gasteiger partial charge in [-0.1, -0.05) is 58.5 Å². The highest BCUT2D eigenvalue weighted by Crippen LogP contribution is 2.36. The van der Waals surface area contributed by atoms with Gasteiger partial charge in [0.1, 0.15) is 17.8 Å². The lowest BCUT2D eigenvalue weighted by molar-refractivity contribution is -0.384. The minimum Gasteiger partial charge on any atom is -0.382 e. The molecule has 31 heavy (non-hydrogen) atoms. The highest BCUT2D eigenvalue weighted by molar-refractivity contribution is 6.35. The second-order valence-electron chi connectivity index (χ2n) is 7.21. The molecule has 0 radical (unpaired) electrons. The largest absolute Gasteiger partial charge is 0.382 e. The van der Waals surface area contributed by atoms with Crippen molar-refractivity contribution >= 4 is 46.4 Å². The average molecular weight is 512 g/mol. The molecule has 2 aromatic carbocycles. The first kappa shape index (κ1) is 25.0. The molecular formula is C21H22Cl4O6. The molecule has 1 N–H and O–H groups in total. The Kier molecular flexibility index (Phi) is 8.86. The van der Waals surface area contributed by atoms with E-state index in [1.807, 2.05) is 0 Å². The summed E-state index contributed by atoms with van der Waals surface area (Å²) in [6, 6.07) is 10.2. The third-order valence-electron chi connectivity index (χ3n) is 4.86. The van der Waals surface area contributed by atoms with E-state index in [-0.39, 0.29) is 19.8 Å². The van der Waals surface area contributed by atoms with Crippen molar-refractivity contribution in [3.05, 3.63) is 67.6 Å². The lowest BCUT2D eigenvalue weighted by atomic mass is 9.97. The van der Waals surface area contributed by atoms with Crippen molar-refractivity contribution in [2.24, 2.45) is 0 Å². The number of halogens is 4. The Balaban J connectivity index is 1.68. The van der Waals surface area contributed by atoms with E-state index in [2.05, 4.69) is 0 Å². The van der Waals surface area contributed by atoms with E-state index in [0.717, 1.165) is 5.56 Å². The van der Waals surface area contributed by atoms with Crippen LogP contribution in [0.1, 0.15) is 18.1 Å². The number of hydrogen-bond acceptors (Lipinski definition) is 6. The normalized spacial score (nSPS) is 25.8. The van der Waals surface area contributed by atoms with Crippen LogP contribution in [0.2, 0.25) is 20.1 Å². The van der Waals surface area contributed by atoms with Gasteiger partial charge in [-0.05, 0) is 42.3 Å². The number of rotatable bonds is 9. The highest BCUT2D eigenvalue weighted by Gasteiger charge is 2.55. The zero-order chi connectivity index (χ0) is 22.6. The van der Waals surface area contributed by atoms with E-state index in [1.165, 1.54) is 7.11 Å². The van der Waals surface area contributed by atoms with Crippen LogP contribution in [-0.4, -0.2) is 42.9 Å². The predicted molar refractivity (Wildman–Crippen MR) is 119 cm³/mol. The minimum atomic E-state index is -1.51. The Morgan fingerprint density at radius 1 is 0.968 bits per heavy atom. The van der Waals surface area contributed by atoms with Crippen LogP contribution >= 0.6 is 46.4 Å². The summed E-state index contributed by atoms with van der Waals surface area (Å²) in [5.74, 6) is 0. The van der Waals surface area contributed by atoms with Gasteiger partial charge in [-0.25, -0.2) is 9.78 Å². The number of aliphatic hydroxyl groups is 1. The first-order valence-corrected chi connectivity index (χ1v) is 10.9. The van der Waals surface area contributed by atoms with Gasteiger partial charge in [-0.15, -0.1) is 0 Å². The Labute approximate surface area is 200 Å². The maximum atomic E-state index is 11.0. The van der Waals surface area contributed by atoms with Gasteiger partial charge < -0.3 is 19.3 Å². The molecule has 0 aliphatic carbocycles. The van der Waals surface area contributed by atoms with E-state index >= 15 is 0 Å². The predicted octanol–water partition coefficient (Wildman–Crippen LogP) is 5.46. The summed E-state index contributed by atoms with van der Waals surface area (Å²) in [6.07, 6.45) is -2.51. The molecule has 2 aromatic rings. The fraction of sp³-hybridized carbons (Fsp3) is 0.429. The molecule has 1 unspecified atom stereocenters. The molecule has 1 heterocycles. The van der Waals surface area contributed by atoms with Crippen LogP contribution in [0.15, 0.2) is 36.4 Å². The van der Waals surface area contributed by atoms with E-state index in [0.29, 0.717) is 25.7 Å². The van der Waals surface area contributed by atoms with Gasteiger partial charge in [0.25, 0.3) is 0 Å². The van der Waals surface area contributed by atoms with Crippen LogP contribution in [0.3, 0.4) is 0 Å². The zero-order valence-electron chi connectivity index (χ0n) is 16.8. The topological polar surface area (TPSA) is 66.4 Å². The minimum absolute atomic E-state index is 0.109. The van der Waals surface area contributed by atoms with Crippen molar-refractivity contribution < 1.29 is 29.1 Å². The lowest BCUT2D eigenvalue weighted by Gasteiger charge is -2.29. The molecule has 1 saturated heterocycles. The summed E-state index contributed by atoms with van der Waals surface area (Å²) < 4.78 is 17.6. The molecule has 0 aromatic heterocycles. The standard InChI is InChI=1S/C21H22Cl4O6/c1-21(26)19(29-10-13-4-6-15(23)8-17(13)25)18(30-20(21)31-27-2)11-28-9-12-3-5-14(22)7-16(12)24/h3-8,18-20,26H,9-11H2,1-2H3/t18-,19-,20?,21-/m1/s1. The Hall–Kier alpha value is -0.640. The molecule has 0 spiro atoms. The van der Waals surface area contributed by atoms with E-state index < -0.39 is 24.1 Å². The second-order valence-corrected chi connectivity index (χ2v) is 8.90. The van der Waals surface area contributed by atoms with Crippen molar-refractivity contribution in [1.82, 2.24) is 0 Å². The summed E-state index contributed by atoms with van der Waals surface area (Å²) in [7, 11) is 1.33. The fourth-order valence-electron chi connectivity index (χ4n) is 3.23. The van der Waals surface area contributed by atoms with E-state index in [9.17, 15) is 5.11 Å². The average Bonchev–Trinajstić information content (AvgIpc) is 2.93. The quantitative estimate of drug-likeness (QED) is 0.356. The summed E-state index contributed by atoms with van der Waals surface area (Å²) in [4.78, 5) is 9.79. The molecule has 6 nitrogen and oxygen atoms in total. The van der Waals surface area contributed by atoms with Gasteiger partial charge in [0.05, 0.1) is 26.9 Å². The van der Waals surface area contributed by atoms with Gasteiger partial charge >= 0.3 is 0 Å². The molecule has 170 valence electrons. The summed E-state index contributed by atoms with van der Waals surface area (Å²) in [5.41, 5.74) is -0.0302. The van der Waals surface area contributed by atoms with Crippen molar-refractivity contribution in [1.29, 1.82) is 0 Å². The molecular weight excluding hydrogens is 490 g/mol. The third kappa shape index (κ3) is 6.24. The SMILES string of the molecule is COOC1O[C@H](COCc2ccc(Cl)cc2Cl)[C@@H](OCc2ccc(Cl)cc2Cl)[C@@]1(C)O. The van der Waals surface area contributed by atoms with E-state index in [4.69, 9.17) is 70.4 Å². The maximum Gasteiger partial charge on any atom is 0.223 e. The van der Waals surface area contributed by atoms with Crippen LogP contribution in [-0.2, 0) is 37.2 Å². The molecule has 10 heteroatoms. The molecule has 0 bridgehead atoms. The molecule has 1 aliphatic heterocycles. The molecule has 1 aliphatic rings. The van der Waals surface area contributed by atoms with Gasteiger partial charge in [0.2, 0.25) is 6.29 Å². The number of benzene rings is 2. The van der Waals surface area contributed by atoms with Crippen LogP contribution in [0.25, 0.3) is 0 Å². The van der Waals surface area contributed by atoms with Crippen LogP contribution in [0, 0.1) is 0 Å². The van der Waals surface area contributed by atoms with Crippen molar-refractivity contribution in [3.63, 3.8) is 0 Å². The third-order valence-corrected chi connectivity index (χ3v) is 6.04. The first-order chi connectivity index (χ1) is 14.7. The molecule has 3 rings (SSSR count). The Morgan fingerprint density at radius 2 is 1.55 bits per heavy atom. The van der Waals surface area contributed by atoms with Gasteiger partial charge in [0, 0.05) is 20.1 Å². The van der Waals surface area contributed by atoms with Crippen LogP contribution in [0.4, 0.5) is 0 Å². The Bertz CT molecular complexity index is 894. The van der Waals surface area contributed by atoms with Crippen LogP contribution in [0.5, 0.6) is 0 Å². The summed E-state index contributed by atoms with van der Waals surface area (Å²) in [6.45, 7) is 2.00. The maximum absolute atomic E-state index is 11.0. The lowest BCUT2D eigenvalue weighted by Crippen LogP contribution is -2.48. The van der Waals surface area contributed by atoms with Gasteiger partial charge in [-0.3, -0.25) is 0 Å². The summed E-state index contributed by atoms with van der Waals surface area (Å²) >= 11 is 24.3.